The predicted octanol–water partition coefficient (Wildman–Crippen LogP) is 8.82. The fourth-order valence-electron chi connectivity index (χ4n) is 7.24. The molecule has 0 saturated carbocycles. The summed E-state index contributed by atoms with van der Waals surface area (Å²) < 4.78 is 0. The third kappa shape index (κ3) is 5.57. The van der Waals surface area contributed by atoms with Crippen LogP contribution in [0.5, 0.6) is 0 Å². The monoisotopic (exact) mass is 640 g/mol. The Bertz CT molecular complexity index is 2060. The molecule has 2 heteroatoms. The SMILES string of the molecule is C.C1=c2ccccc2=C(c2cccc3ccccc23)C(P(c2ccccc2)c2ccccc2)(P(c2ccccc2)c2ccccc2)C1. The maximum Gasteiger partial charge on any atom is 0.0561 e. The van der Waals surface area contributed by atoms with E-state index in [-0.39, 0.29) is 12.3 Å². The lowest BCUT2D eigenvalue weighted by atomic mass is 9.89. The smallest absolute Gasteiger partial charge is 0.0561 e. The molecule has 1 aliphatic carbocycles. The summed E-state index contributed by atoms with van der Waals surface area (Å²) in [6.07, 6.45) is 3.49. The van der Waals surface area contributed by atoms with E-state index in [0.29, 0.717) is 0 Å². The molecule has 0 aromatic heterocycles. The van der Waals surface area contributed by atoms with E-state index in [0.717, 1.165) is 6.42 Å². The van der Waals surface area contributed by atoms with E-state index in [1.807, 2.05) is 0 Å². The van der Waals surface area contributed by atoms with Crippen LogP contribution in [0.25, 0.3) is 22.4 Å². The molecule has 0 nitrogen and oxygen atoms in total. The van der Waals surface area contributed by atoms with E-state index in [2.05, 4.69) is 194 Å². The third-order valence-corrected chi connectivity index (χ3v) is 15.8. The fourth-order valence-corrected chi connectivity index (χ4v) is 15.1. The summed E-state index contributed by atoms with van der Waals surface area (Å²) in [7, 11) is -1.84. The van der Waals surface area contributed by atoms with E-state index in [9.17, 15) is 0 Å². The molecule has 8 rings (SSSR count). The lowest BCUT2D eigenvalue weighted by Gasteiger charge is -2.50. The molecule has 0 aliphatic heterocycles. The first-order valence-corrected chi connectivity index (χ1v) is 18.6. The van der Waals surface area contributed by atoms with Crippen molar-refractivity contribution in [2.75, 3.05) is 0 Å². The van der Waals surface area contributed by atoms with Crippen LogP contribution in [0.3, 0.4) is 0 Å². The standard InChI is InChI=1S/C44H34P2.CH4/c1-5-21-36(22-6-1)45(37-23-7-2-8-24-37)44(46(38-25-9-3-10-26-38)39-27-11-4-12-28-39)33-32-35-19-14-16-30-41(35)43(44)42-31-17-20-34-18-13-15-29-40(34)42;/h1-32H,33H2;1H4. The van der Waals surface area contributed by atoms with Crippen LogP contribution in [0.2, 0.25) is 0 Å². The van der Waals surface area contributed by atoms with Crippen LogP contribution in [0.1, 0.15) is 19.4 Å². The Balaban J connectivity index is 0.00000351. The number of hydrogen-bond donors (Lipinski definition) is 0. The van der Waals surface area contributed by atoms with Crippen LogP contribution in [-0.4, -0.2) is 4.90 Å². The van der Waals surface area contributed by atoms with E-state index in [4.69, 9.17) is 0 Å². The van der Waals surface area contributed by atoms with E-state index >= 15 is 0 Å². The fraction of sp³-hybridized carbons (Fsp3) is 0.0667. The van der Waals surface area contributed by atoms with E-state index in [1.54, 1.807) is 0 Å². The van der Waals surface area contributed by atoms with Crippen LogP contribution < -0.4 is 31.7 Å². The van der Waals surface area contributed by atoms with Crippen molar-refractivity contribution in [3.05, 3.63) is 204 Å². The minimum atomic E-state index is -0.922. The zero-order chi connectivity index (χ0) is 30.8. The molecule has 0 bridgehead atoms. The highest BCUT2D eigenvalue weighted by Crippen LogP contribution is 2.71. The quantitative estimate of drug-likeness (QED) is 0.153. The van der Waals surface area contributed by atoms with Crippen LogP contribution in [0.15, 0.2) is 188 Å². The maximum absolute atomic E-state index is 2.55. The molecule has 0 radical (unpaired) electrons. The molecule has 0 saturated heterocycles. The molecule has 47 heavy (non-hydrogen) atoms. The van der Waals surface area contributed by atoms with Gasteiger partial charge in [-0.2, -0.15) is 0 Å². The molecule has 0 unspecified atom stereocenters. The molecule has 228 valence electrons. The first-order chi connectivity index (χ1) is 22.8. The summed E-state index contributed by atoms with van der Waals surface area (Å²) in [4.78, 5) is -0.269. The zero-order valence-corrected chi connectivity index (χ0v) is 27.4. The van der Waals surface area contributed by atoms with Crippen LogP contribution in [-0.2, 0) is 0 Å². The van der Waals surface area contributed by atoms with E-state index in [1.165, 1.54) is 53.6 Å². The number of hydrogen-bond acceptors (Lipinski definition) is 0. The van der Waals surface area contributed by atoms with Gasteiger partial charge in [0.05, 0.1) is 4.90 Å². The van der Waals surface area contributed by atoms with Gasteiger partial charge < -0.3 is 0 Å². The Hall–Kier alpha value is -4.60. The molecule has 0 spiro atoms. The zero-order valence-electron chi connectivity index (χ0n) is 25.6. The van der Waals surface area contributed by atoms with Crippen molar-refractivity contribution in [2.45, 2.75) is 18.7 Å². The van der Waals surface area contributed by atoms with Gasteiger partial charge in [-0.25, -0.2) is 0 Å². The number of benzene rings is 7. The van der Waals surface area contributed by atoms with Gasteiger partial charge in [0.15, 0.2) is 0 Å². The normalized spacial score (nSPS) is 13.5. The summed E-state index contributed by atoms with van der Waals surface area (Å²) in [6.45, 7) is 0. The highest BCUT2D eigenvalue weighted by molar-refractivity contribution is 7.91. The van der Waals surface area contributed by atoms with Gasteiger partial charge in [0.2, 0.25) is 0 Å². The van der Waals surface area contributed by atoms with Crippen LogP contribution in [0.4, 0.5) is 0 Å². The van der Waals surface area contributed by atoms with Crippen molar-refractivity contribution < 1.29 is 0 Å². The molecular weight excluding hydrogens is 602 g/mol. The molecule has 0 heterocycles. The van der Waals surface area contributed by atoms with Crippen LogP contribution in [0, 0.1) is 0 Å². The van der Waals surface area contributed by atoms with Crippen molar-refractivity contribution in [3.8, 4) is 0 Å². The Labute approximate surface area is 281 Å². The van der Waals surface area contributed by atoms with Crippen molar-refractivity contribution >= 4 is 59.5 Å². The molecule has 0 N–H and O–H groups in total. The van der Waals surface area contributed by atoms with Crippen molar-refractivity contribution in [1.29, 1.82) is 0 Å². The molecule has 7 aromatic carbocycles. The van der Waals surface area contributed by atoms with Gasteiger partial charge in [-0.05, 0) is 75.8 Å². The van der Waals surface area contributed by atoms with Crippen molar-refractivity contribution in [3.63, 3.8) is 0 Å². The summed E-state index contributed by atoms with van der Waals surface area (Å²) in [5.41, 5.74) is 2.82. The topological polar surface area (TPSA) is 0 Å². The second kappa shape index (κ2) is 13.6. The Morgan fingerprint density at radius 3 is 1.36 bits per heavy atom. The largest absolute Gasteiger partial charge is 0.0776 e. The third-order valence-electron chi connectivity index (χ3n) is 9.09. The average Bonchev–Trinajstić information content (AvgIpc) is 3.13. The molecule has 0 atom stereocenters. The lowest BCUT2D eigenvalue weighted by Crippen LogP contribution is -2.47. The second-order valence-corrected chi connectivity index (χ2v) is 17.0. The van der Waals surface area contributed by atoms with Gasteiger partial charge in [0, 0.05) is 0 Å². The average molecular weight is 641 g/mol. The Kier molecular flexibility index (Phi) is 9.00. The van der Waals surface area contributed by atoms with Crippen LogP contribution >= 0.6 is 15.8 Å². The summed E-state index contributed by atoms with van der Waals surface area (Å²) in [5, 5.41) is 10.9. The second-order valence-electron chi connectivity index (χ2n) is 11.7. The molecule has 1 aliphatic rings. The van der Waals surface area contributed by atoms with Crippen molar-refractivity contribution in [2.24, 2.45) is 0 Å². The molecule has 7 aromatic rings. The minimum absolute atomic E-state index is 0. The highest BCUT2D eigenvalue weighted by atomic mass is 31.2. The molecule has 0 amide bonds. The van der Waals surface area contributed by atoms with Gasteiger partial charge in [0.1, 0.15) is 0 Å². The first-order valence-electron chi connectivity index (χ1n) is 15.9. The Morgan fingerprint density at radius 1 is 0.404 bits per heavy atom. The van der Waals surface area contributed by atoms with Gasteiger partial charge in [-0.3, -0.25) is 0 Å². The maximum atomic E-state index is 2.55. The summed E-state index contributed by atoms with van der Waals surface area (Å²) >= 11 is 0. The van der Waals surface area contributed by atoms with Gasteiger partial charge in [-0.1, -0.05) is 202 Å². The van der Waals surface area contributed by atoms with Gasteiger partial charge in [0.25, 0.3) is 0 Å². The molecule has 0 fully saturated rings. The lowest BCUT2D eigenvalue weighted by molar-refractivity contribution is 1.01. The first kappa shape index (κ1) is 31.0. The van der Waals surface area contributed by atoms with E-state index < -0.39 is 15.8 Å². The molecular formula is C45H38P2. The van der Waals surface area contributed by atoms with Crippen molar-refractivity contribution in [1.82, 2.24) is 0 Å². The summed E-state index contributed by atoms with van der Waals surface area (Å²) in [5.74, 6) is 0. The Morgan fingerprint density at radius 2 is 0.830 bits per heavy atom. The minimum Gasteiger partial charge on any atom is -0.0776 e. The van der Waals surface area contributed by atoms with Gasteiger partial charge >= 0.3 is 0 Å². The number of rotatable bonds is 7. The highest BCUT2D eigenvalue weighted by Gasteiger charge is 2.51. The predicted molar refractivity (Wildman–Crippen MR) is 209 cm³/mol. The summed E-state index contributed by atoms with van der Waals surface area (Å²) in [6, 6.07) is 70.5. The number of fused-ring (bicyclic) bond motifs is 2. The van der Waals surface area contributed by atoms with Gasteiger partial charge in [-0.15, -0.1) is 0 Å².